The number of hydrazone groups is 1. The Balaban J connectivity index is 1.49. The molecule has 0 radical (unpaired) electrons. The Hall–Kier alpha value is -4.53. The summed E-state index contributed by atoms with van der Waals surface area (Å²) in [6, 6.07) is 18.9. The maximum absolute atomic E-state index is 12.2. The molecule has 3 aromatic carbocycles. The Morgan fingerprint density at radius 1 is 0.969 bits per heavy atom. The number of hydrogen-bond acceptors (Lipinski definition) is 7. The smallest absolute Gasteiger partial charge is 0.343 e. The van der Waals surface area contributed by atoms with Crippen molar-refractivity contribution in [1.82, 2.24) is 5.43 Å². The number of methoxy groups -OCH3 is 1. The standard InChI is InChI=1S/C23H19N3O6/c1-31-20-12-6-18(7-13-20)23(28)32-21-10-4-17(5-11-21)15-24-25-22(27)14-16-2-8-19(9-3-16)26(29)30/h2-13,15H,14H2,1H3,(H,25,27)/b24-15+. The number of hydrogen-bond donors (Lipinski definition) is 1. The summed E-state index contributed by atoms with van der Waals surface area (Å²) in [6.07, 6.45) is 1.48. The van der Waals surface area contributed by atoms with Crippen LogP contribution in [0, 0.1) is 10.1 Å². The van der Waals surface area contributed by atoms with Gasteiger partial charge in [-0.3, -0.25) is 14.9 Å². The number of nitro groups is 1. The normalized spacial score (nSPS) is 10.5. The van der Waals surface area contributed by atoms with E-state index in [4.69, 9.17) is 9.47 Å². The highest BCUT2D eigenvalue weighted by atomic mass is 16.6. The van der Waals surface area contributed by atoms with Crippen molar-refractivity contribution in [2.45, 2.75) is 6.42 Å². The van der Waals surface area contributed by atoms with E-state index in [1.54, 1.807) is 55.6 Å². The predicted molar refractivity (Wildman–Crippen MR) is 117 cm³/mol. The average Bonchev–Trinajstić information content (AvgIpc) is 2.80. The highest BCUT2D eigenvalue weighted by molar-refractivity contribution is 5.91. The molecule has 0 saturated heterocycles. The molecule has 3 rings (SSSR count). The molecule has 0 heterocycles. The van der Waals surface area contributed by atoms with E-state index < -0.39 is 10.9 Å². The Labute approximate surface area is 183 Å². The van der Waals surface area contributed by atoms with Gasteiger partial charge in [-0.1, -0.05) is 12.1 Å². The number of nitrogens with zero attached hydrogens (tertiary/aromatic N) is 2. The largest absolute Gasteiger partial charge is 0.497 e. The third-order valence-corrected chi connectivity index (χ3v) is 4.33. The Morgan fingerprint density at radius 2 is 1.59 bits per heavy atom. The van der Waals surface area contributed by atoms with Gasteiger partial charge in [0.2, 0.25) is 5.91 Å². The van der Waals surface area contributed by atoms with Crippen LogP contribution in [0.25, 0.3) is 0 Å². The van der Waals surface area contributed by atoms with Gasteiger partial charge < -0.3 is 9.47 Å². The van der Waals surface area contributed by atoms with E-state index in [1.807, 2.05) is 0 Å². The summed E-state index contributed by atoms with van der Waals surface area (Å²) < 4.78 is 10.4. The molecule has 0 aliphatic heterocycles. The van der Waals surface area contributed by atoms with Crippen LogP contribution in [0.1, 0.15) is 21.5 Å². The minimum atomic E-state index is -0.501. The molecule has 1 N–H and O–H groups in total. The zero-order valence-corrected chi connectivity index (χ0v) is 17.1. The number of benzene rings is 3. The first-order chi connectivity index (χ1) is 15.4. The summed E-state index contributed by atoms with van der Waals surface area (Å²) >= 11 is 0. The second-order valence-corrected chi connectivity index (χ2v) is 6.58. The van der Waals surface area contributed by atoms with Crippen LogP contribution in [0.5, 0.6) is 11.5 Å². The Bertz CT molecular complexity index is 1120. The van der Waals surface area contributed by atoms with Crippen LogP contribution >= 0.6 is 0 Å². The fourth-order valence-corrected chi connectivity index (χ4v) is 2.65. The maximum atomic E-state index is 12.2. The van der Waals surface area contributed by atoms with Gasteiger partial charge in [-0.25, -0.2) is 10.2 Å². The first-order valence-electron chi connectivity index (χ1n) is 9.46. The van der Waals surface area contributed by atoms with Crippen LogP contribution in [0.4, 0.5) is 5.69 Å². The topological polar surface area (TPSA) is 120 Å². The van der Waals surface area contributed by atoms with Gasteiger partial charge in [-0.05, 0) is 59.7 Å². The van der Waals surface area contributed by atoms with E-state index in [0.717, 1.165) is 0 Å². The number of ether oxygens (including phenoxy) is 2. The SMILES string of the molecule is COc1ccc(C(=O)Oc2ccc(/C=N/NC(=O)Cc3ccc([N+](=O)[O-])cc3)cc2)cc1. The molecule has 0 aliphatic rings. The number of carbonyl (C=O) groups is 2. The molecule has 0 aliphatic carbocycles. The number of carbonyl (C=O) groups excluding carboxylic acids is 2. The van der Waals surface area contributed by atoms with E-state index in [2.05, 4.69) is 10.5 Å². The molecule has 1 amide bonds. The molecule has 0 spiro atoms. The van der Waals surface area contributed by atoms with Crippen LogP contribution in [0.2, 0.25) is 0 Å². The second kappa shape index (κ2) is 10.5. The lowest BCUT2D eigenvalue weighted by Crippen LogP contribution is -2.19. The molecule has 0 atom stereocenters. The Morgan fingerprint density at radius 3 is 2.19 bits per heavy atom. The zero-order chi connectivity index (χ0) is 22.9. The third kappa shape index (κ3) is 6.23. The molecule has 0 unspecified atom stereocenters. The van der Waals surface area contributed by atoms with Gasteiger partial charge in [-0.2, -0.15) is 5.10 Å². The maximum Gasteiger partial charge on any atom is 0.343 e. The van der Waals surface area contributed by atoms with Crippen LogP contribution in [-0.2, 0) is 11.2 Å². The molecule has 0 saturated carbocycles. The van der Waals surface area contributed by atoms with Crippen molar-refractivity contribution in [2.24, 2.45) is 5.10 Å². The van der Waals surface area contributed by atoms with Gasteiger partial charge in [0, 0.05) is 12.1 Å². The quantitative estimate of drug-likeness (QED) is 0.191. The lowest BCUT2D eigenvalue weighted by atomic mass is 10.1. The van der Waals surface area contributed by atoms with Crippen molar-refractivity contribution < 1.29 is 24.0 Å². The van der Waals surface area contributed by atoms with E-state index >= 15 is 0 Å². The van der Waals surface area contributed by atoms with Gasteiger partial charge in [0.1, 0.15) is 11.5 Å². The Kier molecular flexibility index (Phi) is 7.26. The summed E-state index contributed by atoms with van der Waals surface area (Å²) in [4.78, 5) is 34.3. The summed E-state index contributed by atoms with van der Waals surface area (Å²) in [6.45, 7) is 0. The van der Waals surface area contributed by atoms with Gasteiger partial charge in [0.25, 0.3) is 5.69 Å². The number of amides is 1. The first kappa shape index (κ1) is 22.2. The first-order valence-corrected chi connectivity index (χ1v) is 9.46. The average molecular weight is 433 g/mol. The number of nitro benzene ring substituents is 1. The van der Waals surface area contributed by atoms with Gasteiger partial charge >= 0.3 is 5.97 Å². The molecule has 32 heavy (non-hydrogen) atoms. The fourth-order valence-electron chi connectivity index (χ4n) is 2.65. The van der Waals surface area contributed by atoms with Crippen molar-refractivity contribution in [3.8, 4) is 11.5 Å². The number of rotatable bonds is 8. The number of esters is 1. The lowest BCUT2D eigenvalue weighted by Gasteiger charge is -2.05. The molecule has 9 nitrogen and oxygen atoms in total. The second-order valence-electron chi connectivity index (χ2n) is 6.58. The summed E-state index contributed by atoms with van der Waals surface area (Å²) in [5, 5.41) is 14.5. The molecule has 0 aromatic heterocycles. The zero-order valence-electron chi connectivity index (χ0n) is 17.1. The monoisotopic (exact) mass is 433 g/mol. The van der Waals surface area contributed by atoms with E-state index in [1.165, 1.54) is 30.5 Å². The molecule has 0 fully saturated rings. The van der Waals surface area contributed by atoms with E-state index in [0.29, 0.717) is 28.2 Å². The predicted octanol–water partition coefficient (Wildman–Crippen LogP) is 3.52. The van der Waals surface area contributed by atoms with Crippen molar-refractivity contribution in [3.63, 3.8) is 0 Å². The highest BCUT2D eigenvalue weighted by Gasteiger charge is 2.09. The van der Waals surface area contributed by atoms with E-state index in [9.17, 15) is 19.7 Å². The minimum Gasteiger partial charge on any atom is -0.497 e. The van der Waals surface area contributed by atoms with Gasteiger partial charge in [-0.15, -0.1) is 0 Å². The van der Waals surface area contributed by atoms with Crippen molar-refractivity contribution in [3.05, 3.63) is 99.6 Å². The van der Waals surface area contributed by atoms with Crippen molar-refractivity contribution >= 4 is 23.8 Å². The number of non-ortho nitro benzene ring substituents is 1. The van der Waals surface area contributed by atoms with Crippen LogP contribution in [0.15, 0.2) is 77.9 Å². The molecule has 3 aromatic rings. The van der Waals surface area contributed by atoms with Crippen LogP contribution in [-0.4, -0.2) is 30.1 Å². The summed E-state index contributed by atoms with van der Waals surface area (Å²) in [5.74, 6) is 0.155. The van der Waals surface area contributed by atoms with Gasteiger partial charge in [0.05, 0.1) is 30.2 Å². The molecule has 9 heteroatoms. The molecular formula is C23H19N3O6. The van der Waals surface area contributed by atoms with Gasteiger partial charge in [0.15, 0.2) is 0 Å². The fraction of sp³-hybridized carbons (Fsp3) is 0.0870. The lowest BCUT2D eigenvalue weighted by molar-refractivity contribution is -0.384. The van der Waals surface area contributed by atoms with Crippen molar-refractivity contribution in [1.29, 1.82) is 0 Å². The highest BCUT2D eigenvalue weighted by Crippen LogP contribution is 2.16. The van der Waals surface area contributed by atoms with Crippen molar-refractivity contribution in [2.75, 3.05) is 7.11 Å². The molecule has 162 valence electrons. The molecule has 0 bridgehead atoms. The third-order valence-electron chi connectivity index (χ3n) is 4.33. The number of nitrogens with one attached hydrogen (secondary N) is 1. The summed E-state index contributed by atoms with van der Waals surface area (Å²) in [7, 11) is 1.54. The minimum absolute atomic E-state index is 0.0368. The van der Waals surface area contributed by atoms with E-state index in [-0.39, 0.29) is 18.0 Å². The van der Waals surface area contributed by atoms with Crippen LogP contribution in [0.3, 0.4) is 0 Å². The van der Waals surface area contributed by atoms with Crippen LogP contribution < -0.4 is 14.9 Å². The summed E-state index contributed by atoms with van der Waals surface area (Å²) in [5.41, 5.74) is 4.07. The molecular weight excluding hydrogens is 414 g/mol.